The van der Waals surface area contributed by atoms with Crippen LogP contribution in [0.1, 0.15) is 24.9 Å². The first-order valence-corrected chi connectivity index (χ1v) is 8.79. The summed E-state index contributed by atoms with van der Waals surface area (Å²) in [6.07, 6.45) is 4.85. The molecule has 4 rings (SSSR count). The number of nitrogens with zero attached hydrogens (tertiary/aromatic N) is 4. The number of aliphatic hydroxyl groups is 2. The first-order chi connectivity index (χ1) is 13.2. The SMILES string of the molecule is O=c1[nH]c(NCCCc2ncc[nH]2)nc2c1ncn2[C@H]1C[C@H](O)[C@@H](CO)O1. The third-order valence-corrected chi connectivity index (χ3v) is 4.56. The Labute approximate surface area is 153 Å². The van der Waals surface area contributed by atoms with Crippen molar-refractivity contribution in [1.29, 1.82) is 0 Å². The molecular formula is C16H21N7O4. The Morgan fingerprint density at radius 1 is 1.41 bits per heavy atom. The predicted molar refractivity (Wildman–Crippen MR) is 95.2 cm³/mol. The van der Waals surface area contributed by atoms with E-state index in [0.29, 0.717) is 18.1 Å². The Morgan fingerprint density at radius 2 is 2.30 bits per heavy atom. The van der Waals surface area contributed by atoms with Crippen LogP contribution in [0.4, 0.5) is 5.95 Å². The van der Waals surface area contributed by atoms with Gasteiger partial charge >= 0.3 is 0 Å². The second-order valence-electron chi connectivity index (χ2n) is 6.42. The van der Waals surface area contributed by atoms with Crippen LogP contribution in [-0.2, 0) is 11.2 Å². The highest BCUT2D eigenvalue weighted by Gasteiger charge is 2.35. The lowest BCUT2D eigenvalue weighted by atomic mass is 10.2. The number of rotatable bonds is 7. The fourth-order valence-electron chi connectivity index (χ4n) is 3.17. The molecule has 0 aromatic carbocycles. The first kappa shape index (κ1) is 17.6. The van der Waals surface area contributed by atoms with Gasteiger partial charge in [-0.2, -0.15) is 4.98 Å². The van der Waals surface area contributed by atoms with Crippen molar-refractivity contribution in [2.45, 2.75) is 37.7 Å². The van der Waals surface area contributed by atoms with Gasteiger partial charge in [0.25, 0.3) is 5.56 Å². The molecule has 3 atom stereocenters. The maximum Gasteiger partial charge on any atom is 0.280 e. The number of aliphatic hydroxyl groups excluding tert-OH is 2. The number of H-pyrrole nitrogens is 2. The van der Waals surface area contributed by atoms with Gasteiger partial charge in [-0.15, -0.1) is 0 Å². The number of hydrogen-bond acceptors (Lipinski definition) is 8. The van der Waals surface area contributed by atoms with Crippen LogP contribution in [0.25, 0.3) is 11.2 Å². The van der Waals surface area contributed by atoms with Crippen LogP contribution in [-0.4, -0.2) is 65.1 Å². The molecule has 144 valence electrons. The van der Waals surface area contributed by atoms with E-state index in [4.69, 9.17) is 4.74 Å². The number of nitrogens with one attached hydrogen (secondary N) is 3. The predicted octanol–water partition coefficient (Wildman–Crippen LogP) is -0.472. The van der Waals surface area contributed by atoms with E-state index in [2.05, 4.69) is 30.2 Å². The molecule has 5 N–H and O–H groups in total. The van der Waals surface area contributed by atoms with Gasteiger partial charge in [-0.1, -0.05) is 0 Å². The van der Waals surface area contributed by atoms with Gasteiger partial charge in [-0.25, -0.2) is 9.97 Å². The molecule has 1 aliphatic heterocycles. The maximum atomic E-state index is 12.3. The fourth-order valence-corrected chi connectivity index (χ4v) is 3.17. The van der Waals surface area contributed by atoms with E-state index in [1.54, 1.807) is 17.0 Å². The zero-order chi connectivity index (χ0) is 18.8. The number of aromatic amines is 2. The summed E-state index contributed by atoms with van der Waals surface area (Å²) in [5, 5.41) is 22.3. The van der Waals surface area contributed by atoms with Gasteiger partial charge in [0.05, 0.1) is 19.0 Å². The van der Waals surface area contributed by atoms with Crippen molar-refractivity contribution < 1.29 is 14.9 Å². The monoisotopic (exact) mass is 375 g/mol. The van der Waals surface area contributed by atoms with Crippen molar-refractivity contribution in [2.24, 2.45) is 0 Å². The summed E-state index contributed by atoms with van der Waals surface area (Å²) >= 11 is 0. The molecule has 3 aromatic heterocycles. The van der Waals surface area contributed by atoms with Gasteiger partial charge in [0, 0.05) is 31.8 Å². The molecule has 1 saturated heterocycles. The van der Waals surface area contributed by atoms with E-state index in [-0.39, 0.29) is 24.1 Å². The Bertz CT molecular complexity index is 951. The lowest BCUT2D eigenvalue weighted by Crippen LogP contribution is -2.24. The molecule has 3 aromatic rings. The highest BCUT2D eigenvalue weighted by Crippen LogP contribution is 2.30. The quantitative estimate of drug-likeness (QED) is 0.347. The van der Waals surface area contributed by atoms with Gasteiger partial charge in [-0.3, -0.25) is 14.3 Å². The summed E-state index contributed by atoms with van der Waals surface area (Å²) in [6.45, 7) is 0.329. The molecule has 0 spiro atoms. The molecule has 11 nitrogen and oxygen atoms in total. The number of imidazole rings is 2. The van der Waals surface area contributed by atoms with Gasteiger partial charge in [0.1, 0.15) is 18.2 Å². The van der Waals surface area contributed by atoms with Crippen molar-refractivity contribution >= 4 is 17.1 Å². The number of ether oxygens (including phenoxy) is 1. The highest BCUT2D eigenvalue weighted by molar-refractivity contribution is 5.70. The van der Waals surface area contributed by atoms with Crippen LogP contribution >= 0.6 is 0 Å². The van der Waals surface area contributed by atoms with E-state index < -0.39 is 18.4 Å². The maximum absolute atomic E-state index is 12.3. The van der Waals surface area contributed by atoms with Crippen molar-refractivity contribution in [3.63, 3.8) is 0 Å². The van der Waals surface area contributed by atoms with E-state index in [9.17, 15) is 15.0 Å². The number of anilines is 1. The third-order valence-electron chi connectivity index (χ3n) is 4.56. The largest absolute Gasteiger partial charge is 0.394 e. The van der Waals surface area contributed by atoms with Crippen LogP contribution in [0.2, 0.25) is 0 Å². The van der Waals surface area contributed by atoms with Crippen LogP contribution in [0, 0.1) is 0 Å². The van der Waals surface area contributed by atoms with Crippen LogP contribution in [0.15, 0.2) is 23.5 Å². The van der Waals surface area contributed by atoms with Crippen LogP contribution in [0.5, 0.6) is 0 Å². The van der Waals surface area contributed by atoms with E-state index in [1.165, 1.54) is 6.33 Å². The minimum atomic E-state index is -0.779. The Balaban J connectivity index is 1.49. The lowest BCUT2D eigenvalue weighted by Gasteiger charge is -2.14. The number of hydrogen-bond donors (Lipinski definition) is 5. The molecule has 0 saturated carbocycles. The van der Waals surface area contributed by atoms with Gasteiger partial charge in [0.2, 0.25) is 5.95 Å². The van der Waals surface area contributed by atoms with Crippen molar-refractivity contribution in [1.82, 2.24) is 29.5 Å². The summed E-state index contributed by atoms with van der Waals surface area (Å²) in [7, 11) is 0. The normalized spacial score (nSPS) is 22.5. The van der Waals surface area contributed by atoms with Crippen molar-refractivity contribution in [3.05, 3.63) is 34.9 Å². The standard InChI is InChI=1S/C16H21N7O4/c24-7-10-9(25)6-12(27-10)23-8-20-13-14(23)21-16(22-15(13)26)19-3-1-2-11-17-4-5-18-11/h4-5,8-10,12,24-25H,1-3,6-7H2,(H,17,18)(H2,19,21,22,26)/t9-,10+,12+/m0/s1. The summed E-state index contributed by atoms with van der Waals surface area (Å²) < 4.78 is 7.24. The minimum absolute atomic E-state index is 0.196. The van der Waals surface area contributed by atoms with E-state index in [0.717, 1.165) is 18.7 Å². The summed E-state index contributed by atoms with van der Waals surface area (Å²) in [6, 6.07) is 0. The highest BCUT2D eigenvalue weighted by atomic mass is 16.5. The number of aryl methyl sites for hydroxylation is 1. The Hall–Kier alpha value is -2.76. The zero-order valence-electron chi connectivity index (χ0n) is 14.5. The average Bonchev–Trinajstić information content (AvgIpc) is 3.38. The van der Waals surface area contributed by atoms with Crippen molar-refractivity contribution in [3.8, 4) is 0 Å². The third kappa shape index (κ3) is 3.56. The van der Waals surface area contributed by atoms with Gasteiger partial charge in [0.15, 0.2) is 11.2 Å². The van der Waals surface area contributed by atoms with Crippen LogP contribution < -0.4 is 10.9 Å². The molecule has 0 radical (unpaired) electrons. The molecule has 0 aliphatic carbocycles. The van der Waals surface area contributed by atoms with Gasteiger partial charge < -0.3 is 25.3 Å². The smallest absolute Gasteiger partial charge is 0.280 e. The Kier molecular flexibility index (Phi) is 4.88. The molecule has 1 aliphatic rings. The second kappa shape index (κ2) is 7.47. The molecule has 27 heavy (non-hydrogen) atoms. The molecule has 4 heterocycles. The summed E-state index contributed by atoms with van der Waals surface area (Å²) in [4.78, 5) is 30.7. The molecule has 0 bridgehead atoms. The van der Waals surface area contributed by atoms with E-state index >= 15 is 0 Å². The van der Waals surface area contributed by atoms with Crippen LogP contribution in [0.3, 0.4) is 0 Å². The second-order valence-corrected chi connectivity index (χ2v) is 6.42. The molecular weight excluding hydrogens is 354 g/mol. The summed E-state index contributed by atoms with van der Waals surface area (Å²) in [5.74, 6) is 1.24. The van der Waals surface area contributed by atoms with E-state index in [1.807, 2.05) is 0 Å². The molecule has 11 heteroatoms. The Morgan fingerprint density at radius 3 is 3.04 bits per heavy atom. The zero-order valence-corrected chi connectivity index (χ0v) is 14.5. The first-order valence-electron chi connectivity index (χ1n) is 8.79. The molecule has 0 unspecified atom stereocenters. The number of aromatic nitrogens is 6. The molecule has 0 amide bonds. The molecule has 1 fully saturated rings. The van der Waals surface area contributed by atoms with Crippen molar-refractivity contribution in [2.75, 3.05) is 18.5 Å². The lowest BCUT2D eigenvalue weighted by molar-refractivity contribution is -0.0432. The minimum Gasteiger partial charge on any atom is -0.394 e. The fraction of sp³-hybridized carbons (Fsp3) is 0.500. The average molecular weight is 375 g/mol. The topological polar surface area (TPSA) is 154 Å². The van der Waals surface area contributed by atoms with Gasteiger partial charge in [-0.05, 0) is 6.42 Å². The summed E-state index contributed by atoms with van der Waals surface area (Å²) in [5.41, 5.74) is 0.203. The number of fused-ring (bicyclic) bond motifs is 1.